The maximum Gasteiger partial charge on any atom is 0.153 e. The van der Waals surface area contributed by atoms with Crippen LogP contribution in [-0.4, -0.2) is 27.0 Å². The molecule has 0 aliphatic carbocycles. The Morgan fingerprint density at radius 1 is 0.562 bits per heavy atom. The minimum Gasteiger partial charge on any atom is -0.540 e. The summed E-state index contributed by atoms with van der Waals surface area (Å²) < 4.78 is 7.71. The van der Waals surface area contributed by atoms with Crippen molar-refractivity contribution in [2.24, 2.45) is 0 Å². The van der Waals surface area contributed by atoms with Gasteiger partial charge in [0.1, 0.15) is 0 Å². The topological polar surface area (TPSA) is 60.8 Å². The van der Waals surface area contributed by atoms with Gasteiger partial charge in [-0.15, -0.1) is 52.5 Å². The van der Waals surface area contributed by atoms with Crippen molar-refractivity contribution in [3.63, 3.8) is 0 Å². The summed E-state index contributed by atoms with van der Waals surface area (Å²) >= 11 is 3.40. The predicted molar refractivity (Wildman–Crippen MR) is 196 cm³/mol. The molecule has 3 heterocycles. The van der Waals surface area contributed by atoms with Gasteiger partial charge in [-0.05, 0) is 59.7 Å². The van der Waals surface area contributed by atoms with Gasteiger partial charge in [0, 0.05) is 31.5 Å². The third kappa shape index (κ3) is 6.36. The first kappa shape index (κ1) is 31.7. The number of methoxy groups -OCH3 is 1. The minimum absolute atomic E-state index is 0. The van der Waals surface area contributed by atoms with E-state index in [4.69, 9.17) is 14.7 Å². The van der Waals surface area contributed by atoms with E-state index in [2.05, 4.69) is 83.6 Å². The summed E-state index contributed by atoms with van der Waals surface area (Å²) in [5.41, 5.74) is 8.68. The number of aromatic nitrogens is 4. The quantitative estimate of drug-likeness (QED) is 0.131. The predicted octanol–water partition coefficient (Wildman–Crippen LogP) is 10.8. The molecular formula is C40H27IrN4OS2-. The molecule has 0 aliphatic heterocycles. The second kappa shape index (κ2) is 13.7. The summed E-state index contributed by atoms with van der Waals surface area (Å²) in [6, 6.07) is 46.4. The summed E-state index contributed by atoms with van der Waals surface area (Å²) in [6.45, 7) is 2.08. The summed E-state index contributed by atoms with van der Waals surface area (Å²) in [5.74, 6) is 0.769. The molecule has 0 aliphatic rings. The molecule has 0 N–H and O–H groups in total. The minimum atomic E-state index is 0. The molecule has 0 saturated heterocycles. The first-order chi connectivity index (χ1) is 23.1. The molecule has 8 heteroatoms. The van der Waals surface area contributed by atoms with Crippen LogP contribution in [0.15, 0.2) is 127 Å². The van der Waals surface area contributed by atoms with Gasteiger partial charge in [0.15, 0.2) is 10.0 Å². The van der Waals surface area contributed by atoms with Gasteiger partial charge in [0.2, 0.25) is 0 Å². The van der Waals surface area contributed by atoms with Crippen LogP contribution in [0.4, 0.5) is 0 Å². The van der Waals surface area contributed by atoms with Gasteiger partial charge >= 0.3 is 0 Å². The Balaban J connectivity index is 0.000000164. The number of ether oxygens (including phenoxy) is 1. The molecule has 0 atom stereocenters. The fourth-order valence-corrected chi connectivity index (χ4v) is 7.41. The summed E-state index contributed by atoms with van der Waals surface area (Å²) in [7, 11) is 1.65. The third-order valence-electron chi connectivity index (χ3n) is 7.90. The van der Waals surface area contributed by atoms with Crippen molar-refractivity contribution in [2.45, 2.75) is 6.92 Å². The van der Waals surface area contributed by atoms with Gasteiger partial charge in [0.25, 0.3) is 0 Å². The molecule has 6 aromatic carbocycles. The van der Waals surface area contributed by atoms with E-state index in [1.807, 2.05) is 66.7 Å². The number of para-hydroxylation sites is 2. The zero-order valence-electron chi connectivity index (χ0n) is 26.0. The van der Waals surface area contributed by atoms with E-state index in [0.717, 1.165) is 71.1 Å². The van der Waals surface area contributed by atoms with E-state index in [-0.39, 0.29) is 20.1 Å². The number of benzene rings is 6. The Morgan fingerprint density at radius 2 is 1.10 bits per heavy atom. The van der Waals surface area contributed by atoms with Crippen LogP contribution >= 0.6 is 22.7 Å². The van der Waals surface area contributed by atoms with E-state index >= 15 is 0 Å². The molecule has 48 heavy (non-hydrogen) atoms. The zero-order chi connectivity index (χ0) is 31.7. The van der Waals surface area contributed by atoms with Crippen LogP contribution in [0.5, 0.6) is 5.75 Å². The van der Waals surface area contributed by atoms with Crippen LogP contribution in [0.3, 0.4) is 0 Å². The SMILES string of the molecule is COc1c[c-]c(-c2nc3cc4ccccc4cc3nc2-c2ccc(C)cc2)cc1.[Ir].c1ccc2sc(-c3nc4ccccc4s3)nc2c1. The number of rotatable bonds is 4. The fourth-order valence-electron chi connectivity index (χ4n) is 5.45. The van der Waals surface area contributed by atoms with Crippen molar-refractivity contribution in [2.75, 3.05) is 7.11 Å². The molecule has 0 bridgehead atoms. The summed E-state index contributed by atoms with van der Waals surface area (Å²) in [4.78, 5) is 19.3. The van der Waals surface area contributed by atoms with E-state index in [0.29, 0.717) is 0 Å². The Morgan fingerprint density at radius 3 is 1.62 bits per heavy atom. The molecule has 0 amide bonds. The normalized spacial score (nSPS) is 11.0. The fraction of sp³-hybridized carbons (Fsp3) is 0.0500. The molecule has 1 radical (unpaired) electrons. The standard InChI is InChI=1S/C26H19N2O.C14H8N2S2.Ir/c1-17-7-9-18(10-8-17)25-26(19-11-13-22(29-2)14-12-19)28-24-16-21-6-4-3-5-20(21)15-23(24)27-25;1-3-7-11-9(5-1)15-13(17-11)14-16-10-6-2-4-8-12(10)18-14;/h3-11,13-16H,1-2H3;1-8H;/q-1;;. The number of thiazole rings is 2. The first-order valence-electron chi connectivity index (χ1n) is 15.2. The molecule has 0 fully saturated rings. The van der Waals surface area contributed by atoms with Crippen LogP contribution in [0.1, 0.15) is 5.56 Å². The Bertz CT molecular complexity index is 2390. The van der Waals surface area contributed by atoms with Crippen molar-refractivity contribution >= 4 is 64.9 Å². The first-order valence-corrected chi connectivity index (χ1v) is 16.8. The Labute approximate surface area is 299 Å². The van der Waals surface area contributed by atoms with Gasteiger partial charge < -0.3 is 4.74 Å². The number of fused-ring (bicyclic) bond motifs is 4. The molecule has 5 nitrogen and oxygen atoms in total. The Hall–Kier alpha value is -4.85. The zero-order valence-corrected chi connectivity index (χ0v) is 30.0. The molecule has 0 unspecified atom stereocenters. The maximum atomic E-state index is 5.28. The molecule has 0 spiro atoms. The van der Waals surface area contributed by atoms with Gasteiger partial charge in [-0.2, -0.15) is 0 Å². The average Bonchev–Trinajstić information content (AvgIpc) is 3.76. The smallest absolute Gasteiger partial charge is 0.153 e. The molecule has 0 saturated carbocycles. The molecule has 9 rings (SSSR count). The van der Waals surface area contributed by atoms with Crippen LogP contribution in [0.2, 0.25) is 0 Å². The summed E-state index contributed by atoms with van der Waals surface area (Å²) in [6.07, 6.45) is 0. The van der Waals surface area contributed by atoms with Crippen LogP contribution < -0.4 is 4.74 Å². The number of nitrogens with zero attached hydrogens (tertiary/aromatic N) is 4. The van der Waals surface area contributed by atoms with E-state index in [1.165, 1.54) is 15.0 Å². The van der Waals surface area contributed by atoms with Crippen LogP contribution in [0, 0.1) is 13.0 Å². The molecule has 9 aromatic rings. The molecule has 235 valence electrons. The third-order valence-corrected chi connectivity index (χ3v) is 10.1. The van der Waals surface area contributed by atoms with Gasteiger partial charge in [-0.1, -0.05) is 78.4 Å². The van der Waals surface area contributed by atoms with Crippen molar-refractivity contribution in [3.8, 4) is 38.3 Å². The van der Waals surface area contributed by atoms with Gasteiger partial charge in [-0.3, -0.25) is 9.97 Å². The maximum absolute atomic E-state index is 5.28. The number of hydrogen-bond acceptors (Lipinski definition) is 7. The number of aryl methyl sites for hydroxylation is 1. The van der Waals surface area contributed by atoms with E-state index in [9.17, 15) is 0 Å². The Kier molecular flexibility index (Phi) is 9.06. The van der Waals surface area contributed by atoms with Crippen molar-refractivity contribution < 1.29 is 24.8 Å². The summed E-state index contributed by atoms with van der Waals surface area (Å²) in [5, 5.41) is 4.34. The monoisotopic (exact) mass is 836 g/mol. The van der Waals surface area contributed by atoms with Crippen molar-refractivity contribution in [1.29, 1.82) is 0 Å². The molecule has 3 aromatic heterocycles. The van der Waals surface area contributed by atoms with Crippen molar-refractivity contribution in [1.82, 2.24) is 19.9 Å². The second-order valence-electron chi connectivity index (χ2n) is 11.1. The largest absolute Gasteiger partial charge is 0.540 e. The van der Waals surface area contributed by atoms with Crippen LogP contribution in [0.25, 0.3) is 74.8 Å². The number of hydrogen-bond donors (Lipinski definition) is 0. The molecular weight excluding hydrogens is 809 g/mol. The van der Waals surface area contributed by atoms with Crippen molar-refractivity contribution in [3.05, 3.63) is 139 Å². The average molecular weight is 836 g/mol. The van der Waals surface area contributed by atoms with Gasteiger partial charge in [-0.25, -0.2) is 9.97 Å². The van der Waals surface area contributed by atoms with Crippen LogP contribution in [-0.2, 0) is 20.1 Å². The van der Waals surface area contributed by atoms with E-state index < -0.39 is 0 Å². The second-order valence-corrected chi connectivity index (χ2v) is 13.2. The van der Waals surface area contributed by atoms with Gasteiger partial charge in [0.05, 0.1) is 44.3 Å². The van der Waals surface area contributed by atoms with E-state index in [1.54, 1.807) is 29.8 Å².